The Balaban J connectivity index is 1.24. The lowest BCUT2D eigenvalue weighted by Crippen LogP contribution is -2.62. The summed E-state index contributed by atoms with van der Waals surface area (Å²) in [5.41, 5.74) is 26.1. The van der Waals surface area contributed by atoms with Gasteiger partial charge in [0, 0.05) is 39.6 Å². The van der Waals surface area contributed by atoms with Crippen LogP contribution in [-0.4, -0.2) is 12.3 Å². The van der Waals surface area contributed by atoms with Gasteiger partial charge in [-0.3, -0.25) is 0 Å². The molecule has 6 aromatic rings. The van der Waals surface area contributed by atoms with Crippen LogP contribution in [-0.2, 0) is 21.7 Å². The van der Waals surface area contributed by atoms with Crippen LogP contribution in [0.15, 0.2) is 109 Å². The molecule has 5 unspecified atom stereocenters. The van der Waals surface area contributed by atoms with Crippen molar-refractivity contribution in [1.29, 1.82) is 0 Å². The average molecular weight is 867 g/mol. The summed E-state index contributed by atoms with van der Waals surface area (Å²) in [6, 6.07) is 44.3. The number of benzene rings is 6. The second-order valence-electron chi connectivity index (χ2n) is 24.9. The van der Waals surface area contributed by atoms with Crippen molar-refractivity contribution >= 4 is 51.5 Å². The monoisotopic (exact) mass is 867 g/mol. The fourth-order valence-corrected chi connectivity index (χ4v) is 15.6. The predicted molar refractivity (Wildman–Crippen MR) is 283 cm³/mol. The SMILES string of the molecule is Cc1cc(C)c2c(c1)N(c1cc3c4c(c1)N(c1ccc(C(C)(C)C)cc1-c1ccccc1)c1ccc(C(C)(C)C)cc1B4c1cccc4c1C3C1(C)CCCCC41C)C1(C)CCCCC21C. The first kappa shape index (κ1) is 42.3. The summed E-state index contributed by atoms with van der Waals surface area (Å²) in [5.74, 6) is 0.317. The Kier molecular flexibility index (Phi) is 8.85. The molecular formula is C63H71BN2. The van der Waals surface area contributed by atoms with Gasteiger partial charge in [-0.2, -0.15) is 0 Å². The Hall–Kier alpha value is -5.02. The van der Waals surface area contributed by atoms with E-state index in [-0.39, 0.29) is 39.3 Å². The van der Waals surface area contributed by atoms with E-state index < -0.39 is 0 Å². The molecule has 3 heterocycles. The fraction of sp³-hybridized carbons (Fsp3) is 0.429. The van der Waals surface area contributed by atoms with E-state index in [2.05, 4.69) is 202 Å². The highest BCUT2D eigenvalue weighted by atomic mass is 15.3. The van der Waals surface area contributed by atoms with Crippen molar-refractivity contribution in [2.75, 3.05) is 9.80 Å². The molecule has 2 nitrogen and oxygen atoms in total. The lowest BCUT2D eigenvalue weighted by Gasteiger charge is -2.52. The van der Waals surface area contributed by atoms with Crippen LogP contribution in [0.5, 0.6) is 0 Å². The maximum absolute atomic E-state index is 2.91. The van der Waals surface area contributed by atoms with Crippen molar-refractivity contribution in [3.05, 3.63) is 154 Å². The molecule has 0 amide bonds. The molecule has 0 bridgehead atoms. The Morgan fingerprint density at radius 2 is 1.24 bits per heavy atom. The second kappa shape index (κ2) is 13.8. The standard InChI is InChI=1S/C63H71BN2/c1-39-33-40(2)55-52(34-39)66(63(12)32-19-18-31-62(55,63)11)44-37-46-56-54-47(60(9)29-16-17-30-61(56,60)10)23-20-24-48(54)64-49-36-43(59(6,7)8)26-28-51(49)65(53(38-44)57(46)64)50-27-25-42(58(3,4)5)35-45(50)41-21-14-13-15-22-41/h13-15,20-28,33-38,56H,16-19,29-32H2,1-12H3. The van der Waals surface area contributed by atoms with E-state index >= 15 is 0 Å². The highest BCUT2D eigenvalue weighted by Crippen LogP contribution is 2.68. The fourth-order valence-electron chi connectivity index (χ4n) is 15.6. The van der Waals surface area contributed by atoms with E-state index in [1.165, 1.54) is 119 Å². The van der Waals surface area contributed by atoms with Crippen LogP contribution in [0.3, 0.4) is 0 Å². The Bertz CT molecular complexity index is 3020. The number of hydrogen-bond acceptors (Lipinski definition) is 2. The van der Waals surface area contributed by atoms with E-state index in [4.69, 9.17) is 0 Å². The quantitative estimate of drug-likeness (QED) is 0.163. The van der Waals surface area contributed by atoms with Crippen molar-refractivity contribution in [3.8, 4) is 11.1 Å². The number of nitrogens with zero attached hydrogens (tertiary/aromatic N) is 2. The highest BCUT2D eigenvalue weighted by Gasteiger charge is 2.63. The smallest absolute Gasteiger partial charge is 0.247 e. The van der Waals surface area contributed by atoms with E-state index in [1.807, 2.05) is 0 Å². The highest BCUT2D eigenvalue weighted by molar-refractivity contribution is 6.99. The van der Waals surface area contributed by atoms with Gasteiger partial charge in [-0.1, -0.05) is 166 Å². The number of fused-ring (bicyclic) bond motifs is 10. The van der Waals surface area contributed by atoms with Crippen LogP contribution in [0.4, 0.5) is 28.4 Å². The van der Waals surface area contributed by atoms with Gasteiger partial charge in [0.15, 0.2) is 0 Å². The lowest BCUT2D eigenvalue weighted by molar-refractivity contribution is 0.0926. The topological polar surface area (TPSA) is 6.48 Å². The van der Waals surface area contributed by atoms with E-state index in [0.717, 1.165) is 0 Å². The third kappa shape index (κ3) is 5.44. The van der Waals surface area contributed by atoms with Gasteiger partial charge in [0.1, 0.15) is 0 Å². The predicted octanol–water partition coefficient (Wildman–Crippen LogP) is 14.9. The van der Waals surface area contributed by atoms with Crippen LogP contribution >= 0.6 is 0 Å². The molecule has 6 aromatic carbocycles. The molecule has 0 radical (unpaired) electrons. The maximum Gasteiger partial charge on any atom is 0.247 e. The Labute approximate surface area is 397 Å². The van der Waals surface area contributed by atoms with Gasteiger partial charge >= 0.3 is 0 Å². The Morgan fingerprint density at radius 3 is 1.97 bits per heavy atom. The molecule has 336 valence electrons. The minimum absolute atomic E-state index is 0.00112. The molecule has 0 N–H and O–H groups in total. The van der Waals surface area contributed by atoms with Crippen molar-refractivity contribution in [1.82, 2.24) is 0 Å². The normalized spacial score (nSPS) is 26.9. The number of rotatable bonds is 3. The molecule has 66 heavy (non-hydrogen) atoms. The second-order valence-corrected chi connectivity index (χ2v) is 24.9. The summed E-state index contributed by atoms with van der Waals surface area (Å²) in [7, 11) is 0. The summed E-state index contributed by atoms with van der Waals surface area (Å²) in [6.45, 7) is 29.7. The average Bonchev–Trinajstić information content (AvgIpc) is 3.62. The minimum atomic E-state index is -0.0638. The molecule has 3 heteroatoms. The lowest BCUT2D eigenvalue weighted by atomic mass is 9.30. The number of aryl methyl sites for hydroxylation is 2. The summed E-state index contributed by atoms with van der Waals surface area (Å²) in [5, 5.41) is 0. The first-order valence-corrected chi connectivity index (χ1v) is 25.7. The molecule has 3 aliphatic carbocycles. The molecule has 2 saturated carbocycles. The van der Waals surface area contributed by atoms with Crippen LogP contribution in [0.1, 0.15) is 171 Å². The summed E-state index contributed by atoms with van der Waals surface area (Å²) in [6.07, 6.45) is 10.1. The van der Waals surface area contributed by atoms with Crippen LogP contribution in [0, 0.1) is 19.3 Å². The third-order valence-electron chi connectivity index (χ3n) is 19.3. The van der Waals surface area contributed by atoms with Gasteiger partial charge < -0.3 is 9.80 Å². The molecule has 3 aliphatic heterocycles. The van der Waals surface area contributed by atoms with Crippen LogP contribution < -0.4 is 26.2 Å². The molecular weight excluding hydrogens is 796 g/mol. The van der Waals surface area contributed by atoms with Crippen molar-refractivity contribution < 1.29 is 0 Å². The van der Waals surface area contributed by atoms with E-state index in [0.29, 0.717) is 5.92 Å². The number of anilines is 5. The molecule has 12 rings (SSSR count). The molecule has 6 aliphatic rings. The summed E-state index contributed by atoms with van der Waals surface area (Å²) in [4.78, 5) is 5.66. The first-order chi connectivity index (χ1) is 31.3. The zero-order valence-electron chi connectivity index (χ0n) is 42.1. The third-order valence-corrected chi connectivity index (χ3v) is 19.3. The van der Waals surface area contributed by atoms with Crippen molar-refractivity contribution in [2.45, 2.75) is 168 Å². The van der Waals surface area contributed by atoms with Gasteiger partial charge in [0.05, 0.1) is 11.2 Å². The maximum atomic E-state index is 2.91. The van der Waals surface area contributed by atoms with E-state index in [9.17, 15) is 0 Å². The number of hydrogen-bond donors (Lipinski definition) is 0. The molecule has 0 aromatic heterocycles. The summed E-state index contributed by atoms with van der Waals surface area (Å²) >= 11 is 0. The van der Waals surface area contributed by atoms with Gasteiger partial charge in [0.2, 0.25) is 6.71 Å². The largest absolute Gasteiger partial charge is 0.334 e. The van der Waals surface area contributed by atoms with Crippen molar-refractivity contribution in [3.63, 3.8) is 0 Å². The van der Waals surface area contributed by atoms with Gasteiger partial charge in [0.25, 0.3) is 0 Å². The zero-order chi connectivity index (χ0) is 46.1. The van der Waals surface area contributed by atoms with Gasteiger partial charge in [-0.05, 0) is 166 Å². The molecule has 0 spiro atoms. The zero-order valence-corrected chi connectivity index (χ0v) is 42.1. The van der Waals surface area contributed by atoms with Crippen molar-refractivity contribution in [2.24, 2.45) is 5.41 Å². The van der Waals surface area contributed by atoms with Gasteiger partial charge in [-0.15, -0.1) is 0 Å². The van der Waals surface area contributed by atoms with Gasteiger partial charge in [-0.25, -0.2) is 0 Å². The molecule has 0 saturated heterocycles. The first-order valence-electron chi connectivity index (χ1n) is 25.7. The van der Waals surface area contributed by atoms with Crippen LogP contribution in [0.2, 0.25) is 0 Å². The van der Waals surface area contributed by atoms with Crippen LogP contribution in [0.25, 0.3) is 11.1 Å². The Morgan fingerprint density at radius 1 is 0.576 bits per heavy atom. The molecule has 5 atom stereocenters. The van der Waals surface area contributed by atoms with E-state index in [1.54, 1.807) is 33.2 Å². The summed E-state index contributed by atoms with van der Waals surface area (Å²) < 4.78 is 0. The molecule has 2 fully saturated rings. The minimum Gasteiger partial charge on any atom is -0.334 e.